The van der Waals surface area contributed by atoms with E-state index in [1.165, 1.54) is 13.3 Å². The zero-order valence-corrected chi connectivity index (χ0v) is 15.1. The highest BCUT2D eigenvalue weighted by Crippen LogP contribution is 2.32. The third-order valence-electron chi connectivity index (χ3n) is 4.61. The SMILES string of the molecule is COc1cncc(O[C@@H]2CCCN(C(=O)Cc3ccc4c(c3)OCO4)C2)n1. The highest BCUT2D eigenvalue weighted by molar-refractivity contribution is 5.79. The van der Waals surface area contributed by atoms with Gasteiger partial charge in [0.2, 0.25) is 24.5 Å². The Bertz CT molecular complexity index is 829. The van der Waals surface area contributed by atoms with E-state index < -0.39 is 0 Å². The lowest BCUT2D eigenvalue weighted by Crippen LogP contribution is -2.45. The number of likely N-dealkylation sites (tertiary alicyclic amines) is 1. The molecule has 2 aliphatic rings. The minimum atomic E-state index is -0.110. The van der Waals surface area contributed by atoms with Crippen LogP contribution in [0.15, 0.2) is 30.6 Å². The van der Waals surface area contributed by atoms with Crippen molar-refractivity contribution in [1.82, 2.24) is 14.9 Å². The molecule has 2 aromatic rings. The van der Waals surface area contributed by atoms with E-state index in [0.717, 1.165) is 30.7 Å². The van der Waals surface area contributed by atoms with Crippen LogP contribution in [0.1, 0.15) is 18.4 Å². The molecule has 0 aliphatic carbocycles. The van der Waals surface area contributed by atoms with E-state index >= 15 is 0 Å². The summed E-state index contributed by atoms with van der Waals surface area (Å²) >= 11 is 0. The minimum absolute atomic E-state index is 0.0684. The van der Waals surface area contributed by atoms with Crippen LogP contribution in [0.5, 0.6) is 23.3 Å². The first-order valence-electron chi connectivity index (χ1n) is 8.90. The lowest BCUT2D eigenvalue weighted by molar-refractivity contribution is -0.133. The fraction of sp³-hybridized carbons (Fsp3) is 0.421. The largest absolute Gasteiger partial charge is 0.480 e. The van der Waals surface area contributed by atoms with Gasteiger partial charge in [-0.05, 0) is 30.5 Å². The van der Waals surface area contributed by atoms with Crippen LogP contribution in [0.25, 0.3) is 0 Å². The molecule has 0 saturated carbocycles. The third kappa shape index (κ3) is 4.05. The molecule has 27 heavy (non-hydrogen) atoms. The summed E-state index contributed by atoms with van der Waals surface area (Å²) in [7, 11) is 1.53. The number of carbonyl (C=O) groups is 1. The van der Waals surface area contributed by atoms with Gasteiger partial charge >= 0.3 is 0 Å². The van der Waals surface area contributed by atoms with Crippen LogP contribution in [-0.2, 0) is 11.2 Å². The van der Waals surface area contributed by atoms with Crippen LogP contribution < -0.4 is 18.9 Å². The second-order valence-corrected chi connectivity index (χ2v) is 6.49. The van der Waals surface area contributed by atoms with E-state index in [2.05, 4.69) is 9.97 Å². The highest BCUT2D eigenvalue weighted by Gasteiger charge is 2.26. The number of piperidine rings is 1. The summed E-state index contributed by atoms with van der Waals surface area (Å²) in [5, 5.41) is 0. The molecule has 1 saturated heterocycles. The number of fused-ring (bicyclic) bond motifs is 1. The van der Waals surface area contributed by atoms with Crippen molar-refractivity contribution in [1.29, 1.82) is 0 Å². The van der Waals surface area contributed by atoms with Crippen molar-refractivity contribution in [2.75, 3.05) is 27.0 Å². The second-order valence-electron chi connectivity index (χ2n) is 6.49. The molecule has 1 aromatic carbocycles. The molecule has 3 heterocycles. The van der Waals surface area contributed by atoms with Gasteiger partial charge < -0.3 is 23.8 Å². The molecule has 0 unspecified atom stereocenters. The van der Waals surface area contributed by atoms with Crippen LogP contribution >= 0.6 is 0 Å². The van der Waals surface area contributed by atoms with Gasteiger partial charge in [0.25, 0.3) is 0 Å². The van der Waals surface area contributed by atoms with Gasteiger partial charge in [0.05, 0.1) is 32.5 Å². The van der Waals surface area contributed by atoms with Crippen molar-refractivity contribution in [3.63, 3.8) is 0 Å². The molecule has 0 N–H and O–H groups in total. The van der Waals surface area contributed by atoms with Gasteiger partial charge in [-0.3, -0.25) is 9.78 Å². The van der Waals surface area contributed by atoms with E-state index in [1.54, 1.807) is 6.20 Å². The molecule has 1 atom stereocenters. The van der Waals surface area contributed by atoms with E-state index in [1.807, 2.05) is 23.1 Å². The summed E-state index contributed by atoms with van der Waals surface area (Å²) in [5.41, 5.74) is 0.908. The summed E-state index contributed by atoms with van der Waals surface area (Å²) in [5.74, 6) is 2.29. The summed E-state index contributed by atoms with van der Waals surface area (Å²) in [6.07, 6.45) is 5.04. The minimum Gasteiger partial charge on any atom is -0.480 e. The first-order chi connectivity index (χ1) is 13.2. The van der Waals surface area contributed by atoms with Gasteiger partial charge in [0.15, 0.2) is 11.5 Å². The Morgan fingerprint density at radius 2 is 2.11 bits per heavy atom. The Hall–Kier alpha value is -3.03. The fourth-order valence-electron chi connectivity index (χ4n) is 3.26. The molecular weight excluding hydrogens is 350 g/mol. The zero-order valence-electron chi connectivity index (χ0n) is 15.1. The molecule has 0 radical (unpaired) electrons. The predicted molar refractivity (Wildman–Crippen MR) is 95.1 cm³/mol. The number of aromatic nitrogens is 2. The third-order valence-corrected chi connectivity index (χ3v) is 4.61. The lowest BCUT2D eigenvalue weighted by Gasteiger charge is -2.32. The van der Waals surface area contributed by atoms with Gasteiger partial charge in [-0.25, -0.2) is 0 Å². The van der Waals surface area contributed by atoms with Gasteiger partial charge in [-0.2, -0.15) is 4.98 Å². The average Bonchev–Trinajstić information content (AvgIpc) is 3.16. The Kier molecular flexibility index (Phi) is 4.95. The number of ether oxygens (including phenoxy) is 4. The maximum atomic E-state index is 12.7. The first kappa shape index (κ1) is 17.4. The number of methoxy groups -OCH3 is 1. The second kappa shape index (κ2) is 7.69. The molecule has 2 aliphatic heterocycles. The maximum absolute atomic E-state index is 12.7. The first-order valence-corrected chi connectivity index (χ1v) is 8.90. The van der Waals surface area contributed by atoms with Gasteiger partial charge in [-0.15, -0.1) is 0 Å². The normalized spacial score (nSPS) is 18.3. The topological polar surface area (TPSA) is 83.0 Å². The zero-order chi connectivity index (χ0) is 18.6. The van der Waals surface area contributed by atoms with Gasteiger partial charge in [0, 0.05) is 6.54 Å². The lowest BCUT2D eigenvalue weighted by atomic mass is 10.1. The molecule has 1 aromatic heterocycles. The molecular formula is C19H21N3O5. The van der Waals surface area contributed by atoms with Crippen LogP contribution in [0.4, 0.5) is 0 Å². The average molecular weight is 371 g/mol. The molecule has 0 bridgehead atoms. The maximum Gasteiger partial charge on any atom is 0.235 e. The van der Waals surface area contributed by atoms with Crippen LogP contribution in [0, 0.1) is 0 Å². The van der Waals surface area contributed by atoms with Gasteiger partial charge in [-0.1, -0.05) is 6.07 Å². The molecule has 1 fully saturated rings. The molecule has 0 spiro atoms. The summed E-state index contributed by atoms with van der Waals surface area (Å²) in [6.45, 7) is 1.49. The molecule has 1 amide bonds. The standard InChI is InChI=1S/C19H21N3O5/c1-24-17-9-20-10-18(21-17)27-14-3-2-6-22(11-14)19(23)8-13-4-5-15-16(7-13)26-12-25-15/h4-5,7,9-10,14H,2-3,6,8,11-12H2,1H3/t14-/m1/s1. The Morgan fingerprint density at radius 1 is 1.26 bits per heavy atom. The quantitative estimate of drug-likeness (QED) is 0.793. The molecule has 8 heteroatoms. The predicted octanol–water partition coefficient (Wildman–Crippen LogP) is 1.83. The van der Waals surface area contributed by atoms with Crippen LogP contribution in [0.3, 0.4) is 0 Å². The number of amides is 1. The smallest absolute Gasteiger partial charge is 0.235 e. The van der Waals surface area contributed by atoms with Gasteiger partial charge in [0.1, 0.15) is 6.10 Å². The molecule has 4 rings (SSSR count). The van der Waals surface area contributed by atoms with Crippen molar-refractivity contribution in [3.05, 3.63) is 36.2 Å². The summed E-state index contributed by atoms with van der Waals surface area (Å²) in [4.78, 5) is 22.8. The van der Waals surface area contributed by atoms with E-state index in [0.29, 0.717) is 30.5 Å². The highest BCUT2D eigenvalue weighted by atomic mass is 16.7. The van der Waals surface area contributed by atoms with Crippen molar-refractivity contribution >= 4 is 5.91 Å². The molecule has 8 nitrogen and oxygen atoms in total. The van der Waals surface area contributed by atoms with Crippen molar-refractivity contribution in [2.45, 2.75) is 25.4 Å². The Morgan fingerprint density at radius 3 is 3.00 bits per heavy atom. The summed E-state index contributed by atoms with van der Waals surface area (Å²) in [6, 6.07) is 5.60. The van der Waals surface area contributed by atoms with E-state index in [4.69, 9.17) is 18.9 Å². The number of rotatable bonds is 5. The fourth-order valence-corrected chi connectivity index (χ4v) is 3.26. The number of hydrogen-bond acceptors (Lipinski definition) is 7. The summed E-state index contributed by atoms with van der Waals surface area (Å²) < 4.78 is 21.7. The van der Waals surface area contributed by atoms with Crippen molar-refractivity contribution < 1.29 is 23.7 Å². The van der Waals surface area contributed by atoms with E-state index in [9.17, 15) is 4.79 Å². The van der Waals surface area contributed by atoms with E-state index in [-0.39, 0.29) is 18.8 Å². The molecule has 142 valence electrons. The number of benzene rings is 1. The van der Waals surface area contributed by atoms with Crippen molar-refractivity contribution in [3.8, 4) is 23.3 Å². The van der Waals surface area contributed by atoms with Crippen LogP contribution in [-0.4, -0.2) is 53.9 Å². The monoisotopic (exact) mass is 371 g/mol. The van der Waals surface area contributed by atoms with Crippen LogP contribution in [0.2, 0.25) is 0 Å². The number of nitrogens with zero attached hydrogens (tertiary/aromatic N) is 3. The number of hydrogen-bond donors (Lipinski definition) is 0. The van der Waals surface area contributed by atoms with Crippen molar-refractivity contribution in [2.24, 2.45) is 0 Å². The Labute approximate surface area is 157 Å². The number of carbonyl (C=O) groups excluding carboxylic acids is 1. The Balaban J connectivity index is 1.36.